The molecular weight excluding hydrogens is 366 g/mol. The zero-order chi connectivity index (χ0) is 20.5. The number of phenols is 1. The fraction of sp³-hybridized carbons (Fsp3) is 0.217. The van der Waals surface area contributed by atoms with Crippen LogP contribution in [0.25, 0.3) is 16.7 Å². The van der Waals surface area contributed by atoms with Crippen LogP contribution in [0.3, 0.4) is 0 Å². The Hall–Kier alpha value is -3.38. The van der Waals surface area contributed by atoms with Gasteiger partial charge >= 0.3 is 5.63 Å². The number of fused-ring (bicyclic) bond motifs is 1. The number of aryl methyl sites for hydroxylation is 1. The first kappa shape index (κ1) is 19.0. The molecule has 0 radical (unpaired) electrons. The van der Waals surface area contributed by atoms with Crippen LogP contribution >= 0.6 is 0 Å². The molecule has 29 heavy (non-hydrogen) atoms. The van der Waals surface area contributed by atoms with E-state index in [1.165, 1.54) is 17.7 Å². The van der Waals surface area contributed by atoms with E-state index >= 15 is 0 Å². The van der Waals surface area contributed by atoms with Crippen LogP contribution in [0.1, 0.15) is 22.5 Å². The molecule has 0 amide bonds. The van der Waals surface area contributed by atoms with Gasteiger partial charge in [0.15, 0.2) is 0 Å². The maximum Gasteiger partial charge on any atom is 0.336 e. The van der Waals surface area contributed by atoms with Crippen LogP contribution in [0.4, 0.5) is 0 Å². The van der Waals surface area contributed by atoms with E-state index in [9.17, 15) is 9.90 Å². The van der Waals surface area contributed by atoms with Crippen molar-refractivity contribution in [2.24, 2.45) is 0 Å². The van der Waals surface area contributed by atoms with Gasteiger partial charge in [-0.2, -0.15) is 5.10 Å². The number of hydrogen-bond donors (Lipinski definition) is 1. The van der Waals surface area contributed by atoms with Crippen LogP contribution in [0.5, 0.6) is 5.75 Å². The van der Waals surface area contributed by atoms with Gasteiger partial charge in [0.2, 0.25) is 0 Å². The van der Waals surface area contributed by atoms with Crippen LogP contribution in [0.2, 0.25) is 0 Å². The number of para-hydroxylation sites is 1. The monoisotopic (exact) mass is 389 g/mol. The highest BCUT2D eigenvalue weighted by molar-refractivity contribution is 5.81. The van der Waals surface area contributed by atoms with Crippen molar-refractivity contribution >= 4 is 11.0 Å². The minimum Gasteiger partial charge on any atom is -0.508 e. The summed E-state index contributed by atoms with van der Waals surface area (Å²) in [5.41, 5.74) is 5.13. The topological polar surface area (TPSA) is 71.5 Å². The maximum atomic E-state index is 11.9. The highest BCUT2D eigenvalue weighted by Gasteiger charge is 2.16. The Morgan fingerprint density at radius 2 is 1.83 bits per heavy atom. The van der Waals surface area contributed by atoms with Gasteiger partial charge in [-0.3, -0.25) is 4.90 Å². The lowest BCUT2D eigenvalue weighted by atomic mass is 10.1. The molecule has 148 valence electrons. The Morgan fingerprint density at radius 3 is 2.59 bits per heavy atom. The molecule has 0 bridgehead atoms. The summed E-state index contributed by atoms with van der Waals surface area (Å²) >= 11 is 0. The summed E-state index contributed by atoms with van der Waals surface area (Å²) < 4.78 is 7.19. The average molecular weight is 389 g/mol. The lowest BCUT2D eigenvalue weighted by molar-refractivity contribution is 0.318. The predicted octanol–water partition coefficient (Wildman–Crippen LogP) is 3.93. The van der Waals surface area contributed by atoms with E-state index in [1.807, 2.05) is 49.0 Å². The van der Waals surface area contributed by atoms with E-state index in [0.29, 0.717) is 18.7 Å². The minimum atomic E-state index is -0.421. The highest BCUT2D eigenvalue weighted by atomic mass is 16.4. The zero-order valence-corrected chi connectivity index (χ0v) is 16.7. The van der Waals surface area contributed by atoms with Gasteiger partial charge in [0, 0.05) is 41.9 Å². The third-order valence-electron chi connectivity index (χ3n) is 5.12. The quantitative estimate of drug-likeness (QED) is 0.524. The van der Waals surface area contributed by atoms with Gasteiger partial charge in [0.1, 0.15) is 11.3 Å². The van der Waals surface area contributed by atoms with Crippen LogP contribution < -0.4 is 5.63 Å². The third kappa shape index (κ3) is 3.79. The molecule has 0 aliphatic heterocycles. The van der Waals surface area contributed by atoms with E-state index in [2.05, 4.69) is 11.8 Å². The van der Waals surface area contributed by atoms with E-state index < -0.39 is 5.63 Å². The minimum absolute atomic E-state index is 0.0748. The second kappa shape index (κ2) is 7.56. The Morgan fingerprint density at radius 1 is 1.07 bits per heavy atom. The zero-order valence-electron chi connectivity index (χ0n) is 16.7. The third-order valence-corrected chi connectivity index (χ3v) is 5.12. The summed E-state index contributed by atoms with van der Waals surface area (Å²) in [6.07, 6.45) is 0. The van der Waals surface area contributed by atoms with Gasteiger partial charge in [-0.15, -0.1) is 0 Å². The van der Waals surface area contributed by atoms with Crippen molar-refractivity contribution in [2.45, 2.75) is 26.9 Å². The van der Waals surface area contributed by atoms with Crippen molar-refractivity contribution in [3.05, 3.63) is 87.5 Å². The Bertz CT molecular complexity index is 1230. The Balaban J connectivity index is 1.62. The van der Waals surface area contributed by atoms with E-state index in [4.69, 9.17) is 9.52 Å². The van der Waals surface area contributed by atoms with Gasteiger partial charge in [0.05, 0.1) is 11.4 Å². The summed E-state index contributed by atoms with van der Waals surface area (Å²) in [7, 11) is 2.01. The SMILES string of the molecule is Cc1nn(-c2ccccc2)c(C)c1CN(C)Cc1cc(=O)oc2cc(O)ccc12. The van der Waals surface area contributed by atoms with Gasteiger partial charge in [0.25, 0.3) is 0 Å². The molecule has 6 nitrogen and oxygen atoms in total. The molecule has 0 aliphatic rings. The number of phenolic OH excluding ortho intramolecular Hbond substituents is 1. The molecule has 0 aliphatic carbocycles. The second-order valence-corrected chi connectivity index (χ2v) is 7.34. The first-order chi connectivity index (χ1) is 13.9. The van der Waals surface area contributed by atoms with Gasteiger partial charge in [-0.1, -0.05) is 18.2 Å². The first-order valence-corrected chi connectivity index (χ1v) is 9.47. The molecule has 0 spiro atoms. The summed E-state index contributed by atoms with van der Waals surface area (Å²) in [6, 6.07) is 16.4. The van der Waals surface area contributed by atoms with Gasteiger partial charge in [-0.25, -0.2) is 9.48 Å². The van der Waals surface area contributed by atoms with Crippen LogP contribution in [-0.2, 0) is 13.1 Å². The number of aromatic hydroxyl groups is 1. The number of rotatable bonds is 5. The summed E-state index contributed by atoms with van der Waals surface area (Å²) in [4.78, 5) is 14.1. The fourth-order valence-corrected chi connectivity index (χ4v) is 3.69. The largest absolute Gasteiger partial charge is 0.508 e. The lowest BCUT2D eigenvalue weighted by Gasteiger charge is -2.18. The van der Waals surface area contributed by atoms with Crippen LogP contribution in [0.15, 0.2) is 63.8 Å². The molecular formula is C23H23N3O3. The van der Waals surface area contributed by atoms with E-state index in [1.54, 1.807) is 12.1 Å². The molecule has 0 fully saturated rings. The standard InChI is InChI=1S/C23H23N3O3/c1-15-21(16(2)26(24-15)18-7-5-4-6-8-18)14-25(3)13-17-11-23(28)29-22-12-19(27)9-10-20(17)22/h4-12,27H,13-14H2,1-3H3. The van der Waals surface area contributed by atoms with Crippen molar-refractivity contribution in [1.29, 1.82) is 0 Å². The second-order valence-electron chi connectivity index (χ2n) is 7.34. The predicted molar refractivity (Wildman–Crippen MR) is 112 cm³/mol. The molecule has 1 N–H and O–H groups in total. The molecule has 2 aromatic heterocycles. The van der Waals surface area contributed by atoms with Crippen molar-refractivity contribution < 1.29 is 9.52 Å². The molecule has 4 aromatic rings. The average Bonchev–Trinajstić information content (AvgIpc) is 2.96. The normalized spacial score (nSPS) is 11.4. The van der Waals surface area contributed by atoms with Gasteiger partial charge in [-0.05, 0) is 50.7 Å². The molecule has 0 unspecified atom stereocenters. The Labute approximate surface area is 168 Å². The summed E-state index contributed by atoms with van der Waals surface area (Å²) in [5.74, 6) is 0.0748. The molecule has 2 heterocycles. The number of benzene rings is 2. The fourth-order valence-electron chi connectivity index (χ4n) is 3.69. The van der Waals surface area contributed by atoms with Gasteiger partial charge < -0.3 is 9.52 Å². The van der Waals surface area contributed by atoms with Crippen LogP contribution in [-0.4, -0.2) is 26.8 Å². The molecule has 0 saturated heterocycles. The number of aromatic nitrogens is 2. The number of hydrogen-bond acceptors (Lipinski definition) is 5. The van der Waals surface area contributed by atoms with Crippen LogP contribution in [0, 0.1) is 13.8 Å². The van der Waals surface area contributed by atoms with Crippen molar-refractivity contribution in [1.82, 2.24) is 14.7 Å². The van der Waals surface area contributed by atoms with Crippen molar-refractivity contribution in [2.75, 3.05) is 7.05 Å². The van der Waals surface area contributed by atoms with E-state index in [-0.39, 0.29) is 5.75 Å². The smallest absolute Gasteiger partial charge is 0.336 e. The molecule has 0 saturated carbocycles. The van der Waals surface area contributed by atoms with Crippen molar-refractivity contribution in [3.8, 4) is 11.4 Å². The number of nitrogens with zero attached hydrogens (tertiary/aromatic N) is 3. The molecule has 4 rings (SSSR count). The first-order valence-electron chi connectivity index (χ1n) is 9.47. The summed E-state index contributed by atoms with van der Waals surface area (Å²) in [6.45, 7) is 5.36. The Kier molecular flexibility index (Phi) is 4.94. The molecule has 2 aromatic carbocycles. The summed E-state index contributed by atoms with van der Waals surface area (Å²) in [5, 5.41) is 15.2. The van der Waals surface area contributed by atoms with Crippen molar-refractivity contribution in [3.63, 3.8) is 0 Å². The van der Waals surface area contributed by atoms with E-state index in [0.717, 1.165) is 28.0 Å². The molecule has 6 heteroatoms. The molecule has 0 atom stereocenters. The lowest BCUT2D eigenvalue weighted by Crippen LogP contribution is -2.19. The maximum absolute atomic E-state index is 11.9. The highest BCUT2D eigenvalue weighted by Crippen LogP contribution is 2.24.